The molecule has 1 aliphatic carbocycles. The Hall–Kier alpha value is -4.66. The summed E-state index contributed by atoms with van der Waals surface area (Å²) in [5.74, 6) is 1.02. The zero-order valence-electron chi connectivity index (χ0n) is 20.0. The molecule has 1 N–H and O–H groups in total. The van der Waals surface area contributed by atoms with Gasteiger partial charge >= 0.3 is 0 Å². The van der Waals surface area contributed by atoms with Crippen molar-refractivity contribution < 1.29 is 0 Å². The van der Waals surface area contributed by atoms with Crippen molar-refractivity contribution in [3.63, 3.8) is 0 Å². The van der Waals surface area contributed by atoms with Gasteiger partial charge in [0.2, 0.25) is 5.95 Å². The average molecular weight is 489 g/mol. The molecule has 1 fully saturated rings. The van der Waals surface area contributed by atoms with Gasteiger partial charge in [-0.2, -0.15) is 10.1 Å². The first-order valence-electron chi connectivity index (χ1n) is 12.5. The number of rotatable bonds is 5. The minimum absolute atomic E-state index is 0.241. The van der Waals surface area contributed by atoms with E-state index < -0.39 is 0 Å². The largest absolute Gasteiger partial charge is 0.351 e. The van der Waals surface area contributed by atoms with Crippen LogP contribution >= 0.6 is 0 Å². The van der Waals surface area contributed by atoms with E-state index in [1.807, 2.05) is 60.7 Å². The second kappa shape index (κ2) is 8.77. The lowest BCUT2D eigenvalue weighted by Crippen LogP contribution is -2.15. The van der Waals surface area contributed by atoms with Crippen LogP contribution in [0.25, 0.3) is 22.3 Å². The maximum absolute atomic E-state index is 13.2. The van der Waals surface area contributed by atoms with Gasteiger partial charge in [0.25, 0.3) is 5.56 Å². The first kappa shape index (κ1) is 21.6. The number of aromatic nitrogens is 5. The van der Waals surface area contributed by atoms with E-state index >= 15 is 0 Å². The highest BCUT2D eigenvalue weighted by atomic mass is 16.1. The number of fused-ring (bicyclic) bond motifs is 5. The second-order valence-electron chi connectivity index (χ2n) is 9.49. The van der Waals surface area contributed by atoms with Crippen LogP contribution in [0.4, 0.5) is 17.5 Å². The first-order valence-corrected chi connectivity index (χ1v) is 12.5. The molecule has 2 aliphatic rings. The molecule has 0 spiro atoms. The van der Waals surface area contributed by atoms with Crippen LogP contribution in [0, 0.1) is 0 Å². The van der Waals surface area contributed by atoms with Crippen molar-refractivity contribution in [3.8, 4) is 11.3 Å². The number of hydrogen-bond donors (Lipinski definition) is 1. The predicted molar refractivity (Wildman–Crippen MR) is 141 cm³/mol. The summed E-state index contributed by atoms with van der Waals surface area (Å²) < 4.78 is 3.86. The summed E-state index contributed by atoms with van der Waals surface area (Å²) in [5.41, 5.74) is 3.97. The Morgan fingerprint density at radius 1 is 0.946 bits per heavy atom. The molecule has 0 unspecified atom stereocenters. The molecular weight excluding hydrogens is 464 g/mol. The Bertz CT molecular complexity index is 1670. The third kappa shape index (κ3) is 3.79. The standard InChI is InChI=1S/C28H24N8O/c37-27-24-25(33-32-20-7-2-1-3-8-20)35(17-18-12-14-19(15-13-18)21-9-4-5-16-29-21)34-26(24)36-23-11-6-10-22(23)30-28(36)31-27/h1-5,7-9,12-16,22-23H,6,10-11,17H2,(H,30,31,37)/t22-,23+/m1/s1. The lowest BCUT2D eigenvalue weighted by atomic mass is 10.1. The van der Waals surface area contributed by atoms with E-state index in [4.69, 9.17) is 5.10 Å². The normalized spacial score (nSPS) is 18.3. The van der Waals surface area contributed by atoms with Crippen molar-refractivity contribution in [2.24, 2.45) is 10.2 Å². The van der Waals surface area contributed by atoms with E-state index in [-0.39, 0.29) is 17.6 Å². The lowest BCUT2D eigenvalue weighted by Gasteiger charge is -2.11. The van der Waals surface area contributed by atoms with Crippen molar-refractivity contribution in [3.05, 3.63) is 94.9 Å². The van der Waals surface area contributed by atoms with Crippen LogP contribution in [-0.2, 0) is 6.54 Å². The van der Waals surface area contributed by atoms with Gasteiger partial charge in [0.05, 0.1) is 24.0 Å². The van der Waals surface area contributed by atoms with E-state index in [1.54, 1.807) is 10.9 Å². The van der Waals surface area contributed by atoms with Crippen LogP contribution in [0.15, 0.2) is 94.0 Å². The van der Waals surface area contributed by atoms with Crippen molar-refractivity contribution in [1.82, 2.24) is 24.3 Å². The Labute approximate surface area is 212 Å². The maximum Gasteiger partial charge on any atom is 0.287 e. The van der Waals surface area contributed by atoms with Crippen LogP contribution in [0.3, 0.4) is 0 Å². The minimum atomic E-state index is -0.340. The number of benzene rings is 2. The zero-order chi connectivity index (χ0) is 24.8. The summed E-state index contributed by atoms with van der Waals surface area (Å²) in [6.45, 7) is 0.441. The van der Waals surface area contributed by atoms with E-state index in [2.05, 4.69) is 42.2 Å². The van der Waals surface area contributed by atoms with Gasteiger partial charge in [0.1, 0.15) is 5.39 Å². The lowest BCUT2D eigenvalue weighted by molar-refractivity contribution is 0.538. The predicted octanol–water partition coefficient (Wildman–Crippen LogP) is 5.64. The van der Waals surface area contributed by atoms with Gasteiger partial charge in [-0.1, -0.05) is 48.5 Å². The van der Waals surface area contributed by atoms with E-state index in [0.29, 0.717) is 35.0 Å². The van der Waals surface area contributed by atoms with Crippen LogP contribution < -0.4 is 10.9 Å². The maximum atomic E-state index is 13.2. The molecule has 3 aromatic heterocycles. The van der Waals surface area contributed by atoms with Crippen molar-refractivity contribution in [2.45, 2.75) is 37.9 Å². The highest BCUT2D eigenvalue weighted by Crippen LogP contribution is 2.41. The zero-order valence-corrected chi connectivity index (χ0v) is 20.0. The smallest absolute Gasteiger partial charge is 0.287 e. The molecule has 0 radical (unpaired) electrons. The Morgan fingerprint density at radius 2 is 1.78 bits per heavy atom. The van der Waals surface area contributed by atoms with Gasteiger partial charge in [-0.15, -0.1) is 10.2 Å². The monoisotopic (exact) mass is 488 g/mol. The molecule has 37 heavy (non-hydrogen) atoms. The summed E-state index contributed by atoms with van der Waals surface area (Å²) in [6.07, 6.45) is 5.02. The van der Waals surface area contributed by atoms with E-state index in [1.165, 1.54) is 0 Å². The van der Waals surface area contributed by atoms with Crippen LogP contribution in [-0.4, -0.2) is 30.4 Å². The van der Waals surface area contributed by atoms with Gasteiger partial charge in [-0.3, -0.25) is 14.3 Å². The highest BCUT2D eigenvalue weighted by molar-refractivity contribution is 5.87. The Balaban J connectivity index is 1.33. The molecule has 4 heterocycles. The van der Waals surface area contributed by atoms with Crippen molar-refractivity contribution >= 4 is 28.5 Å². The molecule has 182 valence electrons. The fourth-order valence-corrected chi connectivity index (χ4v) is 5.41. The molecule has 9 nitrogen and oxygen atoms in total. The Morgan fingerprint density at radius 3 is 2.59 bits per heavy atom. The fourth-order valence-electron chi connectivity index (χ4n) is 5.41. The quantitative estimate of drug-likeness (QED) is 0.323. The minimum Gasteiger partial charge on any atom is -0.351 e. The number of pyridine rings is 1. The number of anilines is 1. The summed E-state index contributed by atoms with van der Waals surface area (Å²) >= 11 is 0. The van der Waals surface area contributed by atoms with Gasteiger partial charge in [-0.25, -0.2) is 4.68 Å². The number of nitrogens with one attached hydrogen (secondary N) is 1. The second-order valence-corrected chi connectivity index (χ2v) is 9.49. The molecule has 0 bridgehead atoms. The number of nitrogens with zero attached hydrogens (tertiary/aromatic N) is 7. The van der Waals surface area contributed by atoms with Crippen molar-refractivity contribution in [1.29, 1.82) is 0 Å². The molecule has 5 aromatic rings. The SMILES string of the molecule is O=c1nc2n(c3nn(Cc4ccc(-c5ccccn5)cc4)c(N=Nc4ccccc4)c13)[C@H]1CCC[C@H]1N2. The van der Waals surface area contributed by atoms with Crippen LogP contribution in [0.5, 0.6) is 0 Å². The molecule has 2 aromatic carbocycles. The van der Waals surface area contributed by atoms with Crippen molar-refractivity contribution in [2.75, 3.05) is 5.32 Å². The summed E-state index contributed by atoms with van der Waals surface area (Å²) in [4.78, 5) is 22.0. The Kier molecular flexibility index (Phi) is 5.12. The fraction of sp³-hybridized carbons (Fsp3) is 0.214. The summed E-state index contributed by atoms with van der Waals surface area (Å²) in [5, 5.41) is 17.7. The van der Waals surface area contributed by atoms with Gasteiger partial charge in [-0.05, 0) is 49.1 Å². The third-order valence-corrected chi connectivity index (χ3v) is 7.17. The highest BCUT2D eigenvalue weighted by Gasteiger charge is 2.38. The summed E-state index contributed by atoms with van der Waals surface area (Å²) in [6, 6.07) is 24.1. The molecule has 0 amide bonds. The topological polar surface area (TPSA) is 102 Å². The van der Waals surface area contributed by atoms with E-state index in [0.717, 1.165) is 36.1 Å². The molecule has 1 saturated carbocycles. The van der Waals surface area contributed by atoms with E-state index in [9.17, 15) is 4.79 Å². The average Bonchev–Trinajstić information content (AvgIpc) is 3.62. The van der Waals surface area contributed by atoms with Gasteiger partial charge in [0, 0.05) is 17.8 Å². The number of hydrogen-bond acceptors (Lipinski definition) is 7. The molecule has 9 heteroatoms. The molecule has 1 aliphatic heterocycles. The summed E-state index contributed by atoms with van der Waals surface area (Å²) in [7, 11) is 0. The molecule has 0 saturated heterocycles. The van der Waals surface area contributed by atoms with Crippen LogP contribution in [0.2, 0.25) is 0 Å². The third-order valence-electron chi connectivity index (χ3n) is 7.17. The van der Waals surface area contributed by atoms with Crippen LogP contribution in [0.1, 0.15) is 30.9 Å². The van der Waals surface area contributed by atoms with Gasteiger partial charge in [0.15, 0.2) is 11.5 Å². The molecule has 7 rings (SSSR count). The van der Waals surface area contributed by atoms with Gasteiger partial charge < -0.3 is 5.32 Å². The number of azo groups is 1. The first-order chi connectivity index (χ1) is 18.2. The molecular formula is C28H24N8O. The molecule has 2 atom stereocenters.